The minimum Gasteiger partial charge on any atom is -0.491 e. The highest BCUT2D eigenvalue weighted by atomic mass is 19.2. The van der Waals surface area contributed by atoms with Gasteiger partial charge in [-0.25, -0.2) is 13.6 Å². The molecule has 0 spiro atoms. The van der Waals surface area contributed by atoms with Crippen molar-refractivity contribution in [2.75, 3.05) is 13.2 Å². The van der Waals surface area contributed by atoms with E-state index in [-0.39, 0.29) is 30.0 Å². The first-order chi connectivity index (χ1) is 15.1. The Kier molecular flexibility index (Phi) is 7.64. The van der Waals surface area contributed by atoms with Crippen LogP contribution in [0, 0.1) is 17.6 Å². The molecule has 0 saturated heterocycles. The second-order valence-corrected chi connectivity index (χ2v) is 8.96. The Morgan fingerprint density at radius 3 is 2.53 bits per heavy atom. The van der Waals surface area contributed by atoms with Crippen LogP contribution in [0.1, 0.15) is 37.0 Å². The van der Waals surface area contributed by atoms with Gasteiger partial charge in [0.05, 0.1) is 0 Å². The highest BCUT2D eigenvalue weighted by Gasteiger charge is 2.28. The van der Waals surface area contributed by atoms with Crippen molar-refractivity contribution in [3.05, 3.63) is 70.8 Å². The third kappa shape index (κ3) is 6.61. The molecule has 0 bridgehead atoms. The molecule has 7 heteroatoms. The van der Waals surface area contributed by atoms with Gasteiger partial charge in [0.25, 0.3) is 0 Å². The molecule has 0 amide bonds. The van der Waals surface area contributed by atoms with Gasteiger partial charge in [-0.05, 0) is 62.3 Å². The average Bonchev–Trinajstić information content (AvgIpc) is 3.13. The zero-order valence-corrected chi connectivity index (χ0v) is 18.3. The van der Waals surface area contributed by atoms with Crippen LogP contribution in [0.4, 0.5) is 8.78 Å². The number of ether oxygens (including phenoxy) is 1. The van der Waals surface area contributed by atoms with Crippen LogP contribution in [-0.2, 0) is 17.6 Å². The summed E-state index contributed by atoms with van der Waals surface area (Å²) >= 11 is 0. The second kappa shape index (κ2) is 10.2. The van der Waals surface area contributed by atoms with Crippen molar-refractivity contribution < 1.29 is 28.5 Å². The molecule has 0 saturated carbocycles. The zero-order chi connectivity index (χ0) is 23.3. The molecule has 0 unspecified atom stereocenters. The molecule has 0 heterocycles. The fourth-order valence-electron chi connectivity index (χ4n) is 4.18. The van der Waals surface area contributed by atoms with Crippen LogP contribution < -0.4 is 10.1 Å². The van der Waals surface area contributed by atoms with Crippen LogP contribution in [0.3, 0.4) is 0 Å². The molecule has 2 aromatic rings. The number of rotatable bonds is 10. The third-order valence-corrected chi connectivity index (χ3v) is 5.63. The number of aliphatic hydroxyl groups is 1. The van der Waals surface area contributed by atoms with Crippen molar-refractivity contribution in [2.45, 2.75) is 44.8 Å². The van der Waals surface area contributed by atoms with Gasteiger partial charge >= 0.3 is 5.97 Å². The molecular formula is C25H29F2NO4. The lowest BCUT2D eigenvalue weighted by atomic mass is 9.88. The fourth-order valence-corrected chi connectivity index (χ4v) is 4.18. The van der Waals surface area contributed by atoms with Gasteiger partial charge in [-0.15, -0.1) is 0 Å². The number of carbonyl (C=O) groups is 1. The van der Waals surface area contributed by atoms with Gasteiger partial charge in [-0.1, -0.05) is 24.3 Å². The van der Waals surface area contributed by atoms with Gasteiger partial charge in [0.1, 0.15) is 18.5 Å². The number of benzene rings is 2. The molecular weight excluding hydrogens is 416 g/mol. The topological polar surface area (TPSA) is 78.8 Å². The lowest BCUT2D eigenvalue weighted by Crippen LogP contribution is -2.46. The number of hydrogen-bond acceptors (Lipinski definition) is 4. The molecule has 1 aliphatic carbocycles. The normalized spacial score (nSPS) is 15.2. The fraction of sp³-hybridized carbons (Fsp3) is 0.400. The second-order valence-electron chi connectivity index (χ2n) is 8.96. The summed E-state index contributed by atoms with van der Waals surface area (Å²) in [5, 5.41) is 22.3. The molecule has 32 heavy (non-hydrogen) atoms. The lowest BCUT2D eigenvalue weighted by Gasteiger charge is -2.30. The summed E-state index contributed by atoms with van der Waals surface area (Å²) in [6, 6.07) is 10.6. The van der Waals surface area contributed by atoms with Crippen LogP contribution in [-0.4, -0.2) is 41.0 Å². The summed E-state index contributed by atoms with van der Waals surface area (Å²) < 4.78 is 33.0. The standard InChI is InChI=1S/C25H29F2NO4/c1-25(2,13-16-9-17-5-3-4-6-18(17)10-16)28-14-20(29)15-32-21-11-19(7-8-23(30)31)24(27)22(26)12-21/h3-8,11-12,16,20,28-29H,9-10,13-15H2,1-2H3,(H,30,31)/b8-7+/t20-/m1/s1. The first kappa shape index (κ1) is 23.9. The van der Waals surface area contributed by atoms with E-state index in [1.807, 2.05) is 0 Å². The maximum Gasteiger partial charge on any atom is 0.328 e. The number of aliphatic carboxylic acids is 1. The summed E-state index contributed by atoms with van der Waals surface area (Å²) in [6.07, 6.45) is 3.88. The summed E-state index contributed by atoms with van der Waals surface area (Å²) in [6.45, 7) is 4.35. The zero-order valence-electron chi connectivity index (χ0n) is 18.3. The first-order valence-corrected chi connectivity index (χ1v) is 10.7. The molecule has 5 nitrogen and oxygen atoms in total. The van der Waals surface area contributed by atoms with E-state index in [9.17, 15) is 18.7 Å². The molecule has 1 atom stereocenters. The molecule has 172 valence electrons. The molecule has 3 N–H and O–H groups in total. The van der Waals surface area contributed by atoms with Crippen molar-refractivity contribution >= 4 is 12.0 Å². The van der Waals surface area contributed by atoms with Crippen LogP contribution in [0.5, 0.6) is 5.75 Å². The number of β-amino-alcohol motifs (C(OH)–C–C–N with tert-alkyl or cyclic N) is 1. The van der Waals surface area contributed by atoms with Crippen molar-refractivity contribution in [3.63, 3.8) is 0 Å². The number of fused-ring (bicyclic) bond motifs is 1. The van der Waals surface area contributed by atoms with E-state index in [1.165, 1.54) is 17.2 Å². The number of nitrogens with one attached hydrogen (secondary N) is 1. The predicted molar refractivity (Wildman–Crippen MR) is 119 cm³/mol. The van der Waals surface area contributed by atoms with Gasteiger partial charge in [0.2, 0.25) is 0 Å². The molecule has 0 aromatic heterocycles. The minimum absolute atomic E-state index is 0.0102. The van der Waals surface area contributed by atoms with Crippen LogP contribution in [0.25, 0.3) is 6.08 Å². The highest BCUT2D eigenvalue weighted by molar-refractivity contribution is 5.85. The predicted octanol–water partition coefficient (Wildman–Crippen LogP) is 3.98. The molecule has 0 aliphatic heterocycles. The average molecular weight is 446 g/mol. The Balaban J connectivity index is 1.48. The van der Waals surface area contributed by atoms with Crippen LogP contribution >= 0.6 is 0 Å². The monoisotopic (exact) mass is 445 g/mol. The maximum absolute atomic E-state index is 13.8. The van der Waals surface area contributed by atoms with E-state index in [1.54, 1.807) is 0 Å². The van der Waals surface area contributed by atoms with Crippen molar-refractivity contribution in [1.82, 2.24) is 5.32 Å². The number of carboxylic acids is 1. The first-order valence-electron chi connectivity index (χ1n) is 10.7. The molecule has 2 aromatic carbocycles. The largest absolute Gasteiger partial charge is 0.491 e. The van der Waals surface area contributed by atoms with Crippen LogP contribution in [0.2, 0.25) is 0 Å². The van der Waals surface area contributed by atoms with Gasteiger partial charge in [-0.2, -0.15) is 0 Å². The van der Waals surface area contributed by atoms with E-state index in [0.717, 1.165) is 31.4 Å². The maximum atomic E-state index is 13.8. The Labute approximate surface area is 186 Å². The van der Waals surface area contributed by atoms with Gasteiger partial charge in [-0.3, -0.25) is 0 Å². The van der Waals surface area contributed by atoms with E-state index >= 15 is 0 Å². The van der Waals surface area contributed by atoms with E-state index in [2.05, 4.69) is 43.4 Å². The Morgan fingerprint density at radius 1 is 1.25 bits per heavy atom. The highest BCUT2D eigenvalue weighted by Crippen LogP contribution is 2.31. The number of hydrogen-bond donors (Lipinski definition) is 3. The Morgan fingerprint density at radius 2 is 1.91 bits per heavy atom. The van der Waals surface area contributed by atoms with Gasteiger partial charge in [0, 0.05) is 29.8 Å². The molecule has 0 fully saturated rings. The Bertz CT molecular complexity index is 965. The minimum atomic E-state index is -1.28. The summed E-state index contributed by atoms with van der Waals surface area (Å²) in [7, 11) is 0. The number of halogens is 2. The van der Waals surface area contributed by atoms with Gasteiger partial charge < -0.3 is 20.3 Å². The quantitative estimate of drug-likeness (QED) is 0.482. The SMILES string of the molecule is CC(C)(CC1Cc2ccccc2C1)NC[C@@H](O)COc1cc(F)c(F)c(/C=C/C(=O)O)c1. The van der Waals surface area contributed by atoms with E-state index < -0.39 is 23.7 Å². The summed E-state index contributed by atoms with van der Waals surface area (Å²) in [5.74, 6) is -3.04. The summed E-state index contributed by atoms with van der Waals surface area (Å²) in [5.41, 5.74) is 2.38. The van der Waals surface area contributed by atoms with Crippen LogP contribution in [0.15, 0.2) is 42.5 Å². The molecule has 3 rings (SSSR count). The Hall–Kier alpha value is -2.77. The molecule has 0 radical (unpaired) electrons. The van der Waals surface area contributed by atoms with Crippen molar-refractivity contribution in [3.8, 4) is 5.75 Å². The number of aliphatic hydroxyl groups excluding tert-OH is 1. The van der Waals surface area contributed by atoms with Crippen molar-refractivity contribution in [2.24, 2.45) is 5.92 Å². The third-order valence-electron chi connectivity index (χ3n) is 5.63. The number of carboxylic acid groups (broad SMARTS) is 1. The van der Waals surface area contributed by atoms with Gasteiger partial charge in [0.15, 0.2) is 11.6 Å². The van der Waals surface area contributed by atoms with E-state index in [4.69, 9.17) is 9.84 Å². The van der Waals surface area contributed by atoms with E-state index in [0.29, 0.717) is 12.0 Å². The smallest absolute Gasteiger partial charge is 0.328 e. The lowest BCUT2D eigenvalue weighted by molar-refractivity contribution is -0.131. The van der Waals surface area contributed by atoms with Crippen molar-refractivity contribution in [1.29, 1.82) is 0 Å². The summed E-state index contributed by atoms with van der Waals surface area (Å²) in [4.78, 5) is 10.6. The molecule has 1 aliphatic rings.